The van der Waals surface area contributed by atoms with E-state index in [0.29, 0.717) is 12.5 Å². The largest absolute Gasteiger partial charge is 0.456 e. The van der Waals surface area contributed by atoms with Crippen LogP contribution in [0.15, 0.2) is 0 Å². The lowest BCUT2D eigenvalue weighted by Crippen LogP contribution is -2.26. The number of hydrogen-bond donors (Lipinski definition) is 1. The Balaban J connectivity index is 4.00. The highest BCUT2D eigenvalue weighted by molar-refractivity contribution is 5.88. The molecule has 0 radical (unpaired) electrons. The Kier molecular flexibility index (Phi) is 5.99. The summed E-state index contributed by atoms with van der Waals surface area (Å²) in [6.07, 6.45) is 0.957. The molecule has 0 rings (SSSR count). The summed E-state index contributed by atoms with van der Waals surface area (Å²) in [4.78, 5) is 10.8. The molecule has 3 heteroatoms. The lowest BCUT2D eigenvalue weighted by molar-refractivity contribution is -0.136. The number of carbonyl (C=O) groups excluding carboxylic acids is 1. The molecule has 0 aromatic rings. The van der Waals surface area contributed by atoms with Gasteiger partial charge in [0.25, 0.3) is 0 Å². The van der Waals surface area contributed by atoms with Crippen molar-refractivity contribution in [3.05, 3.63) is 0 Å². The van der Waals surface area contributed by atoms with Gasteiger partial charge in [0.1, 0.15) is 0 Å². The smallest absolute Gasteiger partial charge is 0.384 e. The van der Waals surface area contributed by atoms with E-state index in [1.165, 1.54) is 0 Å². The number of ether oxygens (including phenoxy) is 1. The monoisotopic (exact) mass is 183 g/mol. The van der Waals surface area contributed by atoms with Crippen LogP contribution in [0.4, 0.5) is 0 Å². The molecule has 0 aliphatic rings. The Hall–Kier alpha value is -1.01. The van der Waals surface area contributed by atoms with Gasteiger partial charge in [0.2, 0.25) is 0 Å². The van der Waals surface area contributed by atoms with Crippen molar-refractivity contribution in [2.45, 2.75) is 33.2 Å². The van der Waals surface area contributed by atoms with E-state index in [1.807, 2.05) is 13.8 Å². The van der Waals surface area contributed by atoms with Crippen LogP contribution in [0.25, 0.3) is 0 Å². The molecule has 0 aliphatic carbocycles. The first-order valence-corrected chi connectivity index (χ1v) is 4.55. The minimum absolute atomic E-state index is 0.241. The average Bonchev–Trinajstić information content (AvgIpc) is 2.13. The molecule has 13 heavy (non-hydrogen) atoms. The van der Waals surface area contributed by atoms with Gasteiger partial charge >= 0.3 is 5.97 Å². The summed E-state index contributed by atoms with van der Waals surface area (Å²) in [5, 5.41) is 0. The molecule has 0 aliphatic heterocycles. The molecule has 0 heterocycles. The van der Waals surface area contributed by atoms with E-state index in [2.05, 4.69) is 16.6 Å². The summed E-state index contributed by atoms with van der Waals surface area (Å²) in [6, 6.07) is -0.241. The van der Waals surface area contributed by atoms with Crippen LogP contribution in [-0.2, 0) is 9.53 Å². The molecule has 74 valence electrons. The third-order valence-corrected chi connectivity index (χ3v) is 1.87. The van der Waals surface area contributed by atoms with Gasteiger partial charge in [-0.15, -0.1) is 0 Å². The minimum atomic E-state index is -0.499. The van der Waals surface area contributed by atoms with Crippen molar-refractivity contribution in [3.8, 4) is 11.8 Å². The fraction of sp³-hybridized carbons (Fsp3) is 0.700. The van der Waals surface area contributed by atoms with Crippen LogP contribution in [0.2, 0.25) is 0 Å². The zero-order valence-electron chi connectivity index (χ0n) is 8.46. The Morgan fingerprint density at radius 3 is 2.62 bits per heavy atom. The highest BCUT2D eigenvalue weighted by Gasteiger charge is 2.06. The van der Waals surface area contributed by atoms with Gasteiger partial charge in [-0.2, -0.15) is 0 Å². The van der Waals surface area contributed by atoms with Gasteiger partial charge in [0, 0.05) is 5.92 Å². The fourth-order valence-corrected chi connectivity index (χ4v) is 0.706. The molecule has 2 atom stereocenters. The predicted octanol–water partition coefficient (Wildman–Crippen LogP) is 0.926. The van der Waals surface area contributed by atoms with E-state index in [9.17, 15) is 4.79 Å². The van der Waals surface area contributed by atoms with Crippen LogP contribution >= 0.6 is 0 Å². The SMILES string of the molecule is CCOC(=O)C#CC(N)C(C)CC. The standard InChI is InChI=1S/C10H17NO2/c1-4-8(3)9(11)6-7-10(12)13-5-2/h8-9H,4-5,11H2,1-3H3. The van der Waals surface area contributed by atoms with Crippen LogP contribution in [0.1, 0.15) is 27.2 Å². The van der Waals surface area contributed by atoms with Gasteiger partial charge in [-0.05, 0) is 12.8 Å². The summed E-state index contributed by atoms with van der Waals surface area (Å²) in [7, 11) is 0. The molecule has 3 nitrogen and oxygen atoms in total. The van der Waals surface area contributed by atoms with Crippen LogP contribution in [0.3, 0.4) is 0 Å². The molecule has 2 unspecified atom stereocenters. The highest BCUT2D eigenvalue weighted by atomic mass is 16.5. The van der Waals surface area contributed by atoms with Crippen molar-refractivity contribution in [3.63, 3.8) is 0 Å². The highest BCUT2D eigenvalue weighted by Crippen LogP contribution is 2.03. The number of carbonyl (C=O) groups is 1. The van der Waals surface area contributed by atoms with Crippen molar-refractivity contribution >= 4 is 5.97 Å². The van der Waals surface area contributed by atoms with Crippen LogP contribution in [-0.4, -0.2) is 18.6 Å². The first-order chi connectivity index (χ1) is 6.11. The summed E-state index contributed by atoms with van der Waals surface area (Å²) in [5.41, 5.74) is 5.69. The fourth-order valence-electron chi connectivity index (χ4n) is 0.706. The third kappa shape index (κ3) is 5.26. The Morgan fingerprint density at radius 2 is 2.15 bits per heavy atom. The van der Waals surface area contributed by atoms with E-state index in [1.54, 1.807) is 6.92 Å². The molecule has 0 bridgehead atoms. The van der Waals surface area contributed by atoms with Crippen LogP contribution in [0.5, 0.6) is 0 Å². The molecular weight excluding hydrogens is 166 g/mol. The van der Waals surface area contributed by atoms with Crippen LogP contribution < -0.4 is 5.73 Å². The average molecular weight is 183 g/mol. The second-order valence-electron chi connectivity index (χ2n) is 2.90. The second-order valence-corrected chi connectivity index (χ2v) is 2.90. The molecule has 0 aromatic heterocycles. The van der Waals surface area contributed by atoms with Crippen molar-refractivity contribution in [2.24, 2.45) is 11.7 Å². The van der Waals surface area contributed by atoms with E-state index in [4.69, 9.17) is 5.73 Å². The van der Waals surface area contributed by atoms with Gasteiger partial charge in [0.05, 0.1) is 12.6 Å². The molecule has 2 N–H and O–H groups in total. The molecule has 0 amide bonds. The zero-order chi connectivity index (χ0) is 10.3. The Bertz CT molecular complexity index is 215. The van der Waals surface area contributed by atoms with Crippen LogP contribution in [0, 0.1) is 17.8 Å². The summed E-state index contributed by atoms with van der Waals surface area (Å²) in [5.74, 6) is 4.84. The third-order valence-electron chi connectivity index (χ3n) is 1.87. The lowest BCUT2D eigenvalue weighted by Gasteiger charge is -2.10. The van der Waals surface area contributed by atoms with E-state index >= 15 is 0 Å². The van der Waals surface area contributed by atoms with Gasteiger partial charge in [-0.25, -0.2) is 4.79 Å². The lowest BCUT2D eigenvalue weighted by atomic mass is 10.0. The number of esters is 1. The summed E-state index contributed by atoms with van der Waals surface area (Å²) < 4.78 is 4.64. The van der Waals surface area contributed by atoms with Crippen molar-refractivity contribution < 1.29 is 9.53 Å². The molecule has 0 saturated carbocycles. The summed E-state index contributed by atoms with van der Waals surface area (Å²) in [6.45, 7) is 6.14. The van der Waals surface area contributed by atoms with Crippen molar-refractivity contribution in [2.75, 3.05) is 6.61 Å². The maximum atomic E-state index is 10.8. The number of rotatable bonds is 3. The van der Waals surface area contributed by atoms with E-state index in [0.717, 1.165) is 6.42 Å². The number of hydrogen-bond acceptors (Lipinski definition) is 3. The maximum Gasteiger partial charge on any atom is 0.384 e. The molecule has 0 spiro atoms. The molecule has 0 fully saturated rings. The first kappa shape index (κ1) is 12.0. The van der Waals surface area contributed by atoms with E-state index < -0.39 is 5.97 Å². The predicted molar refractivity (Wildman–Crippen MR) is 51.8 cm³/mol. The molecule has 0 aromatic carbocycles. The second kappa shape index (κ2) is 6.50. The van der Waals surface area contributed by atoms with Crippen molar-refractivity contribution in [1.29, 1.82) is 0 Å². The minimum Gasteiger partial charge on any atom is -0.456 e. The zero-order valence-corrected chi connectivity index (χ0v) is 8.46. The first-order valence-electron chi connectivity index (χ1n) is 4.55. The Morgan fingerprint density at radius 1 is 1.54 bits per heavy atom. The molecular formula is C10H17NO2. The Labute approximate surface area is 79.6 Å². The quantitative estimate of drug-likeness (QED) is 0.402. The molecule has 0 saturated heterocycles. The van der Waals surface area contributed by atoms with E-state index in [-0.39, 0.29) is 6.04 Å². The van der Waals surface area contributed by atoms with Gasteiger partial charge in [0.15, 0.2) is 0 Å². The van der Waals surface area contributed by atoms with Gasteiger partial charge < -0.3 is 10.5 Å². The van der Waals surface area contributed by atoms with Gasteiger partial charge in [-0.3, -0.25) is 0 Å². The summed E-state index contributed by atoms with van der Waals surface area (Å²) >= 11 is 0. The maximum absolute atomic E-state index is 10.8. The number of nitrogens with two attached hydrogens (primary N) is 1. The van der Waals surface area contributed by atoms with Gasteiger partial charge in [-0.1, -0.05) is 26.2 Å². The van der Waals surface area contributed by atoms with Crippen molar-refractivity contribution in [1.82, 2.24) is 0 Å². The normalized spacial score (nSPS) is 13.8. The topological polar surface area (TPSA) is 52.3 Å².